The maximum atomic E-state index is 9.50. The topological polar surface area (TPSA) is 38.7 Å². The van der Waals surface area contributed by atoms with E-state index in [2.05, 4.69) is 13.8 Å². The smallest absolute Gasteiger partial charge is 0.122 e. The normalized spacial score (nSPS) is 12.7. The van der Waals surface area contributed by atoms with E-state index in [1.54, 1.807) is 6.92 Å². The van der Waals surface area contributed by atoms with Crippen molar-refractivity contribution in [3.05, 3.63) is 29.3 Å². The lowest BCUT2D eigenvalue weighted by Gasteiger charge is -2.12. The van der Waals surface area contributed by atoms with Crippen LogP contribution in [0, 0.1) is 12.8 Å². The molecular formula is C16H26O3. The Morgan fingerprint density at radius 3 is 2.42 bits per heavy atom. The molecule has 0 spiro atoms. The molecule has 0 aromatic heterocycles. The molecule has 108 valence electrons. The summed E-state index contributed by atoms with van der Waals surface area (Å²) < 4.78 is 11.2. The van der Waals surface area contributed by atoms with Gasteiger partial charge in [-0.25, -0.2) is 0 Å². The molecule has 19 heavy (non-hydrogen) atoms. The second kappa shape index (κ2) is 8.18. The van der Waals surface area contributed by atoms with Gasteiger partial charge in [0.1, 0.15) is 12.4 Å². The van der Waals surface area contributed by atoms with E-state index in [4.69, 9.17) is 9.47 Å². The summed E-state index contributed by atoms with van der Waals surface area (Å²) in [6.07, 6.45) is 0.648. The van der Waals surface area contributed by atoms with E-state index in [9.17, 15) is 5.11 Å². The molecule has 1 N–H and O–H groups in total. The molecule has 0 saturated heterocycles. The zero-order valence-electron chi connectivity index (χ0n) is 12.5. The molecule has 1 aromatic rings. The summed E-state index contributed by atoms with van der Waals surface area (Å²) in [5.41, 5.74) is 1.96. The molecule has 1 unspecified atom stereocenters. The third kappa shape index (κ3) is 6.08. The molecule has 0 bridgehead atoms. The molecule has 1 aromatic carbocycles. The van der Waals surface area contributed by atoms with Gasteiger partial charge in [0, 0.05) is 6.61 Å². The van der Waals surface area contributed by atoms with Crippen LogP contribution in [0.5, 0.6) is 5.75 Å². The number of aliphatic hydroxyl groups is 1. The molecule has 0 fully saturated rings. The van der Waals surface area contributed by atoms with Crippen LogP contribution in [-0.4, -0.2) is 24.9 Å². The predicted octanol–water partition coefficient (Wildman–Crippen LogP) is 3.49. The Hall–Kier alpha value is -1.06. The highest BCUT2D eigenvalue weighted by Gasteiger charge is 2.05. The lowest BCUT2D eigenvalue weighted by molar-refractivity contribution is 0.0923. The van der Waals surface area contributed by atoms with Crippen molar-refractivity contribution >= 4 is 0 Å². The zero-order valence-corrected chi connectivity index (χ0v) is 12.5. The second-order valence-corrected chi connectivity index (χ2v) is 5.34. The molecule has 1 atom stereocenters. The molecule has 1 rings (SSSR count). The highest BCUT2D eigenvalue weighted by atomic mass is 16.5. The van der Waals surface area contributed by atoms with Gasteiger partial charge in [-0.05, 0) is 49.4 Å². The van der Waals surface area contributed by atoms with Gasteiger partial charge in [-0.1, -0.05) is 19.9 Å². The molecule has 0 radical (unpaired) electrons. The molecule has 0 aliphatic rings. The summed E-state index contributed by atoms with van der Waals surface area (Å²) in [6.45, 7) is 10.1. The third-order valence-electron chi connectivity index (χ3n) is 3.01. The minimum atomic E-state index is -0.438. The Morgan fingerprint density at radius 1 is 1.11 bits per heavy atom. The van der Waals surface area contributed by atoms with E-state index >= 15 is 0 Å². The van der Waals surface area contributed by atoms with E-state index in [-0.39, 0.29) is 0 Å². The molecule has 3 heteroatoms. The van der Waals surface area contributed by atoms with Gasteiger partial charge in [-0.15, -0.1) is 0 Å². The van der Waals surface area contributed by atoms with Crippen molar-refractivity contribution in [2.45, 2.75) is 40.2 Å². The summed E-state index contributed by atoms with van der Waals surface area (Å²) in [6, 6.07) is 5.76. The van der Waals surface area contributed by atoms with Crippen LogP contribution in [0.2, 0.25) is 0 Å². The molecule has 0 aliphatic carbocycles. The average molecular weight is 266 g/mol. The van der Waals surface area contributed by atoms with Gasteiger partial charge in [-0.2, -0.15) is 0 Å². The van der Waals surface area contributed by atoms with Crippen molar-refractivity contribution in [3.63, 3.8) is 0 Å². The first-order valence-corrected chi connectivity index (χ1v) is 7.00. The molecule has 0 heterocycles. The third-order valence-corrected chi connectivity index (χ3v) is 3.01. The van der Waals surface area contributed by atoms with E-state index in [0.29, 0.717) is 19.1 Å². The van der Waals surface area contributed by atoms with Gasteiger partial charge in [0.25, 0.3) is 0 Å². The van der Waals surface area contributed by atoms with Gasteiger partial charge in [0.15, 0.2) is 0 Å². The molecule has 3 nitrogen and oxygen atoms in total. The predicted molar refractivity (Wildman–Crippen MR) is 77.6 cm³/mol. The van der Waals surface area contributed by atoms with Crippen molar-refractivity contribution in [1.29, 1.82) is 0 Å². The minimum Gasteiger partial charge on any atom is -0.491 e. The zero-order chi connectivity index (χ0) is 14.3. The molecule has 0 saturated carbocycles. The number of hydrogen-bond donors (Lipinski definition) is 1. The minimum absolute atomic E-state index is 0.438. The van der Waals surface area contributed by atoms with Crippen LogP contribution in [0.15, 0.2) is 18.2 Å². The van der Waals surface area contributed by atoms with Crippen LogP contribution in [0.3, 0.4) is 0 Å². The largest absolute Gasteiger partial charge is 0.491 e. The lowest BCUT2D eigenvalue weighted by atomic mass is 10.1. The van der Waals surface area contributed by atoms with Gasteiger partial charge in [0.2, 0.25) is 0 Å². The average Bonchev–Trinajstić information content (AvgIpc) is 2.34. The number of aliphatic hydroxyl groups excluding tert-OH is 1. The fourth-order valence-corrected chi connectivity index (χ4v) is 1.73. The van der Waals surface area contributed by atoms with Gasteiger partial charge in [-0.3, -0.25) is 0 Å². The molecule has 0 amide bonds. The van der Waals surface area contributed by atoms with Crippen molar-refractivity contribution < 1.29 is 14.6 Å². The van der Waals surface area contributed by atoms with Crippen molar-refractivity contribution in [1.82, 2.24) is 0 Å². The van der Waals surface area contributed by atoms with Crippen molar-refractivity contribution in [2.24, 2.45) is 5.92 Å². The fourth-order valence-electron chi connectivity index (χ4n) is 1.73. The number of ether oxygens (including phenoxy) is 2. The number of hydrogen-bond acceptors (Lipinski definition) is 3. The molecular weight excluding hydrogens is 240 g/mol. The standard InChI is InChI=1S/C16H26O3/c1-12(2)7-8-18-9-10-19-16-6-5-15(14(4)17)11-13(16)3/h5-6,11-12,14,17H,7-10H2,1-4H3. The van der Waals surface area contributed by atoms with Crippen LogP contribution in [-0.2, 0) is 4.74 Å². The Balaban J connectivity index is 2.30. The first-order valence-electron chi connectivity index (χ1n) is 7.00. The maximum absolute atomic E-state index is 9.50. The first kappa shape index (κ1) is 16.0. The van der Waals surface area contributed by atoms with Crippen LogP contribution >= 0.6 is 0 Å². The van der Waals surface area contributed by atoms with Crippen LogP contribution in [0.4, 0.5) is 0 Å². The van der Waals surface area contributed by atoms with Gasteiger partial charge in [0.05, 0.1) is 12.7 Å². The SMILES string of the molecule is Cc1cc(C(C)O)ccc1OCCOCCC(C)C. The van der Waals surface area contributed by atoms with Crippen LogP contribution in [0.1, 0.15) is 44.4 Å². The lowest BCUT2D eigenvalue weighted by Crippen LogP contribution is -2.09. The number of rotatable bonds is 8. The van der Waals surface area contributed by atoms with Crippen LogP contribution in [0.25, 0.3) is 0 Å². The monoisotopic (exact) mass is 266 g/mol. The van der Waals surface area contributed by atoms with Crippen LogP contribution < -0.4 is 4.74 Å². The Morgan fingerprint density at radius 2 is 1.84 bits per heavy atom. The summed E-state index contributed by atoms with van der Waals surface area (Å²) in [4.78, 5) is 0. The molecule has 0 aliphatic heterocycles. The number of benzene rings is 1. The van der Waals surface area contributed by atoms with E-state index in [1.165, 1.54) is 0 Å². The van der Waals surface area contributed by atoms with E-state index in [1.807, 2.05) is 25.1 Å². The first-order chi connectivity index (χ1) is 9.00. The second-order valence-electron chi connectivity index (χ2n) is 5.34. The highest BCUT2D eigenvalue weighted by Crippen LogP contribution is 2.22. The summed E-state index contributed by atoms with van der Waals surface area (Å²) in [5, 5.41) is 9.50. The Kier molecular flexibility index (Phi) is 6.89. The quantitative estimate of drug-likeness (QED) is 0.732. The Bertz CT molecular complexity index is 372. The van der Waals surface area contributed by atoms with Gasteiger partial charge < -0.3 is 14.6 Å². The van der Waals surface area contributed by atoms with E-state index < -0.39 is 6.10 Å². The Labute approximate surface area is 116 Å². The van der Waals surface area contributed by atoms with Crippen molar-refractivity contribution in [2.75, 3.05) is 19.8 Å². The summed E-state index contributed by atoms with van der Waals surface area (Å²) in [7, 11) is 0. The summed E-state index contributed by atoms with van der Waals surface area (Å²) in [5.74, 6) is 1.54. The fraction of sp³-hybridized carbons (Fsp3) is 0.625. The summed E-state index contributed by atoms with van der Waals surface area (Å²) >= 11 is 0. The highest BCUT2D eigenvalue weighted by molar-refractivity contribution is 5.36. The number of aryl methyl sites for hydroxylation is 1. The maximum Gasteiger partial charge on any atom is 0.122 e. The van der Waals surface area contributed by atoms with E-state index in [0.717, 1.165) is 29.9 Å². The van der Waals surface area contributed by atoms with Crippen molar-refractivity contribution in [3.8, 4) is 5.75 Å². The van der Waals surface area contributed by atoms with Gasteiger partial charge >= 0.3 is 0 Å².